The summed E-state index contributed by atoms with van der Waals surface area (Å²) in [5, 5.41) is 11.5. The highest BCUT2D eigenvalue weighted by Crippen LogP contribution is 2.10. The van der Waals surface area contributed by atoms with E-state index < -0.39 is 0 Å². The number of aromatic nitrogens is 6. The molecule has 0 saturated heterocycles. The Morgan fingerprint density at radius 2 is 2.33 bits per heavy atom. The molecule has 18 heavy (non-hydrogen) atoms. The third kappa shape index (κ3) is 2.02. The molecule has 3 rings (SSSR count). The van der Waals surface area contributed by atoms with Crippen molar-refractivity contribution in [2.45, 2.75) is 11.7 Å². The van der Waals surface area contributed by atoms with Gasteiger partial charge in [0.15, 0.2) is 10.8 Å². The number of nitrogens with one attached hydrogen (secondary N) is 1. The standard InChI is InChI=1S/C10H10N6OS/c17-10-15-4-2-1-3-8(15)14-16(10)5-6-18-9-11-7-12-13-9/h1-4,7H,5-6H2,(H,11,12,13). The van der Waals surface area contributed by atoms with Gasteiger partial charge in [-0.2, -0.15) is 5.10 Å². The Bertz CT molecular complexity index is 701. The van der Waals surface area contributed by atoms with E-state index in [0.29, 0.717) is 17.9 Å². The summed E-state index contributed by atoms with van der Waals surface area (Å²) in [6, 6.07) is 5.47. The first-order valence-corrected chi connectivity index (χ1v) is 6.35. The summed E-state index contributed by atoms with van der Waals surface area (Å²) in [4.78, 5) is 15.9. The number of fused-ring (bicyclic) bond motifs is 1. The van der Waals surface area contributed by atoms with Crippen LogP contribution in [0.15, 0.2) is 40.7 Å². The van der Waals surface area contributed by atoms with E-state index in [1.807, 2.05) is 18.2 Å². The minimum atomic E-state index is -0.122. The summed E-state index contributed by atoms with van der Waals surface area (Å²) in [6.45, 7) is 0.534. The quantitative estimate of drug-likeness (QED) is 0.689. The van der Waals surface area contributed by atoms with Crippen molar-refractivity contribution in [3.63, 3.8) is 0 Å². The Balaban J connectivity index is 1.75. The van der Waals surface area contributed by atoms with E-state index in [-0.39, 0.29) is 5.69 Å². The molecular formula is C10H10N6OS. The second-order valence-electron chi connectivity index (χ2n) is 3.57. The number of aromatic amines is 1. The molecule has 1 N–H and O–H groups in total. The lowest BCUT2D eigenvalue weighted by Crippen LogP contribution is -2.21. The second-order valence-corrected chi connectivity index (χ2v) is 4.66. The smallest absolute Gasteiger partial charge is 0.254 e. The van der Waals surface area contributed by atoms with Crippen LogP contribution in [-0.4, -0.2) is 35.1 Å². The van der Waals surface area contributed by atoms with Crippen LogP contribution in [-0.2, 0) is 6.54 Å². The van der Waals surface area contributed by atoms with Gasteiger partial charge in [-0.05, 0) is 12.1 Å². The van der Waals surface area contributed by atoms with Gasteiger partial charge in [-0.3, -0.25) is 9.50 Å². The van der Waals surface area contributed by atoms with Gasteiger partial charge in [0.1, 0.15) is 6.33 Å². The lowest BCUT2D eigenvalue weighted by atomic mass is 10.5. The number of nitrogens with zero attached hydrogens (tertiary/aromatic N) is 5. The molecule has 8 heteroatoms. The Kier molecular flexibility index (Phi) is 2.85. The van der Waals surface area contributed by atoms with Gasteiger partial charge in [-0.1, -0.05) is 17.8 Å². The maximum absolute atomic E-state index is 11.9. The third-order valence-electron chi connectivity index (χ3n) is 2.42. The van der Waals surface area contributed by atoms with E-state index in [0.717, 1.165) is 5.16 Å². The average Bonchev–Trinajstić information content (AvgIpc) is 3.00. The van der Waals surface area contributed by atoms with Crippen LogP contribution in [0.5, 0.6) is 0 Å². The van der Waals surface area contributed by atoms with E-state index in [1.54, 1.807) is 6.20 Å². The first kappa shape index (κ1) is 11.0. The molecule has 0 amide bonds. The Morgan fingerprint density at radius 3 is 3.11 bits per heavy atom. The summed E-state index contributed by atoms with van der Waals surface area (Å²) in [7, 11) is 0. The number of H-pyrrole nitrogens is 1. The van der Waals surface area contributed by atoms with Crippen molar-refractivity contribution in [1.29, 1.82) is 0 Å². The number of pyridine rings is 1. The highest BCUT2D eigenvalue weighted by molar-refractivity contribution is 7.99. The Morgan fingerprint density at radius 1 is 1.39 bits per heavy atom. The normalized spacial score (nSPS) is 11.1. The highest BCUT2D eigenvalue weighted by atomic mass is 32.2. The molecule has 3 heterocycles. The Labute approximate surface area is 106 Å². The van der Waals surface area contributed by atoms with E-state index >= 15 is 0 Å². The van der Waals surface area contributed by atoms with Gasteiger partial charge in [-0.15, -0.1) is 5.10 Å². The molecule has 0 saturated carbocycles. The van der Waals surface area contributed by atoms with Gasteiger partial charge < -0.3 is 0 Å². The fourth-order valence-corrected chi connectivity index (χ4v) is 2.30. The third-order valence-corrected chi connectivity index (χ3v) is 3.28. The van der Waals surface area contributed by atoms with Crippen molar-refractivity contribution in [1.82, 2.24) is 29.4 Å². The average molecular weight is 262 g/mol. The first-order valence-electron chi connectivity index (χ1n) is 5.37. The van der Waals surface area contributed by atoms with E-state index in [1.165, 1.54) is 27.2 Å². The molecule has 0 aliphatic carbocycles. The molecule has 0 aromatic carbocycles. The van der Waals surface area contributed by atoms with Gasteiger partial charge in [0, 0.05) is 11.9 Å². The summed E-state index contributed by atoms with van der Waals surface area (Å²) >= 11 is 1.50. The van der Waals surface area contributed by atoms with Gasteiger partial charge in [-0.25, -0.2) is 14.5 Å². The van der Waals surface area contributed by atoms with Gasteiger partial charge in [0.05, 0.1) is 6.54 Å². The van der Waals surface area contributed by atoms with Crippen LogP contribution in [0.2, 0.25) is 0 Å². The lowest BCUT2D eigenvalue weighted by molar-refractivity contribution is 0.639. The molecule has 3 aromatic rings. The Hall–Kier alpha value is -2.09. The molecule has 0 radical (unpaired) electrons. The molecule has 3 aromatic heterocycles. The summed E-state index contributed by atoms with van der Waals surface area (Å²) in [6.07, 6.45) is 3.17. The summed E-state index contributed by atoms with van der Waals surface area (Å²) in [5.41, 5.74) is 0.538. The van der Waals surface area contributed by atoms with Crippen LogP contribution < -0.4 is 5.69 Å². The zero-order valence-electron chi connectivity index (χ0n) is 9.35. The van der Waals surface area contributed by atoms with Crippen LogP contribution >= 0.6 is 11.8 Å². The molecule has 0 spiro atoms. The highest BCUT2D eigenvalue weighted by Gasteiger charge is 2.05. The van der Waals surface area contributed by atoms with Crippen molar-refractivity contribution in [2.75, 3.05) is 5.75 Å². The van der Waals surface area contributed by atoms with Crippen LogP contribution in [0.4, 0.5) is 0 Å². The van der Waals surface area contributed by atoms with Crippen LogP contribution in [0, 0.1) is 0 Å². The van der Waals surface area contributed by atoms with Crippen molar-refractivity contribution in [2.24, 2.45) is 0 Å². The number of rotatable bonds is 4. The zero-order chi connectivity index (χ0) is 12.4. The van der Waals surface area contributed by atoms with E-state index in [9.17, 15) is 4.79 Å². The van der Waals surface area contributed by atoms with Crippen molar-refractivity contribution in [3.05, 3.63) is 41.2 Å². The molecule has 0 aliphatic heterocycles. The molecule has 0 bridgehead atoms. The van der Waals surface area contributed by atoms with Gasteiger partial charge in [0.25, 0.3) is 0 Å². The first-order chi connectivity index (χ1) is 8.84. The minimum Gasteiger partial charge on any atom is -0.254 e. The van der Waals surface area contributed by atoms with E-state index in [2.05, 4.69) is 20.3 Å². The second kappa shape index (κ2) is 4.65. The van der Waals surface area contributed by atoms with Gasteiger partial charge in [0.2, 0.25) is 0 Å². The van der Waals surface area contributed by atoms with Gasteiger partial charge >= 0.3 is 5.69 Å². The minimum absolute atomic E-state index is 0.122. The topological polar surface area (TPSA) is 80.9 Å². The molecular weight excluding hydrogens is 252 g/mol. The summed E-state index contributed by atoms with van der Waals surface area (Å²) in [5.74, 6) is 0.707. The fourth-order valence-electron chi connectivity index (χ4n) is 1.61. The number of hydrogen-bond acceptors (Lipinski definition) is 5. The van der Waals surface area contributed by atoms with Crippen LogP contribution in [0.25, 0.3) is 5.65 Å². The molecule has 7 nitrogen and oxygen atoms in total. The lowest BCUT2D eigenvalue weighted by Gasteiger charge is -1.96. The molecule has 0 unspecified atom stereocenters. The predicted molar refractivity (Wildman–Crippen MR) is 66.6 cm³/mol. The molecule has 0 fully saturated rings. The van der Waals surface area contributed by atoms with Crippen molar-refractivity contribution >= 4 is 17.4 Å². The molecule has 0 atom stereocenters. The molecule has 92 valence electrons. The molecule has 0 aliphatic rings. The van der Waals surface area contributed by atoms with Crippen LogP contribution in [0.1, 0.15) is 0 Å². The SMILES string of the molecule is O=c1n(CCSc2ncn[nH]2)nc2ccccn12. The number of aryl methyl sites for hydroxylation is 1. The zero-order valence-corrected chi connectivity index (χ0v) is 10.2. The number of hydrogen-bond donors (Lipinski definition) is 1. The van der Waals surface area contributed by atoms with Crippen molar-refractivity contribution in [3.8, 4) is 0 Å². The van der Waals surface area contributed by atoms with Crippen LogP contribution in [0.3, 0.4) is 0 Å². The monoisotopic (exact) mass is 262 g/mol. The maximum atomic E-state index is 11.9. The number of thioether (sulfide) groups is 1. The van der Waals surface area contributed by atoms with Crippen molar-refractivity contribution < 1.29 is 0 Å². The fraction of sp³-hybridized carbons (Fsp3) is 0.200. The maximum Gasteiger partial charge on any atom is 0.350 e. The largest absolute Gasteiger partial charge is 0.350 e. The summed E-state index contributed by atoms with van der Waals surface area (Å²) < 4.78 is 2.98. The predicted octanol–water partition coefficient (Wildman–Crippen LogP) is 0.406. The van der Waals surface area contributed by atoms with E-state index in [4.69, 9.17) is 0 Å².